The maximum Gasteiger partial charge on any atom is 0.238 e. The third-order valence-electron chi connectivity index (χ3n) is 5.90. The van der Waals surface area contributed by atoms with Crippen LogP contribution in [0.3, 0.4) is 0 Å². The lowest BCUT2D eigenvalue weighted by Crippen LogP contribution is -2.28. The van der Waals surface area contributed by atoms with E-state index in [9.17, 15) is 0 Å². The molecule has 1 aliphatic carbocycles. The molecule has 3 aromatic rings. The monoisotopic (exact) mass is 368 g/mol. The van der Waals surface area contributed by atoms with E-state index in [1.807, 2.05) is 0 Å². The van der Waals surface area contributed by atoms with Crippen molar-refractivity contribution in [2.24, 2.45) is 5.10 Å². The van der Waals surface area contributed by atoms with Crippen molar-refractivity contribution in [1.29, 1.82) is 0 Å². The number of hydrogen-bond acceptors (Lipinski definition) is 3. The summed E-state index contributed by atoms with van der Waals surface area (Å²) < 4.78 is 6.51. The second kappa shape index (κ2) is 6.83. The molecule has 3 nitrogen and oxygen atoms in total. The second-order valence-corrected chi connectivity index (χ2v) is 7.89. The van der Waals surface area contributed by atoms with E-state index in [0.29, 0.717) is 5.90 Å². The first kappa shape index (κ1) is 17.1. The number of nitrogens with zero attached hydrogens (tertiary/aromatic N) is 1. The van der Waals surface area contributed by atoms with E-state index in [2.05, 4.69) is 92.1 Å². The van der Waals surface area contributed by atoms with Crippen LogP contribution in [0.5, 0.6) is 0 Å². The highest BCUT2D eigenvalue weighted by molar-refractivity contribution is 5.94. The molecule has 3 atom stereocenters. The Hall–Kier alpha value is -3.07. The highest BCUT2D eigenvalue weighted by Crippen LogP contribution is 2.44. The molecule has 0 unspecified atom stereocenters. The van der Waals surface area contributed by atoms with E-state index in [-0.39, 0.29) is 18.1 Å². The molecular weight excluding hydrogens is 344 g/mol. The average molecular weight is 368 g/mol. The summed E-state index contributed by atoms with van der Waals surface area (Å²) in [7, 11) is 0. The highest BCUT2D eigenvalue weighted by atomic mass is 16.5. The fourth-order valence-corrected chi connectivity index (χ4v) is 4.36. The minimum Gasteiger partial charge on any atom is -0.472 e. The van der Waals surface area contributed by atoms with Gasteiger partial charge in [-0.1, -0.05) is 71.8 Å². The molecule has 0 saturated carbocycles. The van der Waals surface area contributed by atoms with E-state index < -0.39 is 0 Å². The Labute approximate surface area is 166 Å². The van der Waals surface area contributed by atoms with Crippen LogP contribution < -0.4 is 5.43 Å². The van der Waals surface area contributed by atoms with Crippen LogP contribution in [0.4, 0.5) is 0 Å². The SMILES string of the molecule is Cc1ccc(C2=NN[C@H](c3ccc(C)cc3)[C@@H]3c4ccccc4C[C@H]3O2)cc1. The summed E-state index contributed by atoms with van der Waals surface area (Å²) in [6, 6.07) is 25.9. The number of benzene rings is 3. The van der Waals surface area contributed by atoms with Crippen LogP contribution in [0.25, 0.3) is 0 Å². The topological polar surface area (TPSA) is 33.6 Å². The van der Waals surface area contributed by atoms with Crippen molar-refractivity contribution in [3.63, 3.8) is 0 Å². The Morgan fingerprint density at radius 2 is 1.54 bits per heavy atom. The molecular formula is C25H24N2O. The van der Waals surface area contributed by atoms with Gasteiger partial charge in [-0.15, -0.1) is 5.10 Å². The summed E-state index contributed by atoms with van der Waals surface area (Å²) in [6.07, 6.45) is 0.981. The van der Waals surface area contributed by atoms with Gasteiger partial charge >= 0.3 is 0 Å². The average Bonchev–Trinajstić information content (AvgIpc) is 2.96. The molecule has 0 fully saturated rings. The van der Waals surface area contributed by atoms with Crippen molar-refractivity contribution in [2.45, 2.75) is 38.3 Å². The molecule has 1 aliphatic heterocycles. The van der Waals surface area contributed by atoms with E-state index in [4.69, 9.17) is 9.84 Å². The molecule has 3 heteroatoms. The lowest BCUT2D eigenvalue weighted by molar-refractivity contribution is 0.164. The van der Waals surface area contributed by atoms with Gasteiger partial charge in [-0.2, -0.15) is 0 Å². The van der Waals surface area contributed by atoms with Crippen LogP contribution >= 0.6 is 0 Å². The third kappa shape index (κ3) is 2.97. The first-order valence-electron chi connectivity index (χ1n) is 9.90. The number of hydrazone groups is 1. The molecule has 28 heavy (non-hydrogen) atoms. The maximum atomic E-state index is 6.51. The van der Waals surface area contributed by atoms with E-state index in [1.165, 1.54) is 27.8 Å². The standard InChI is InChI=1S/C25H24N2O/c1-16-7-11-18(12-8-16)24-23-21-6-4-3-5-20(21)15-22(23)28-25(27-26-24)19-13-9-17(2)10-14-19/h3-14,22-24,26H,15H2,1-2H3/t22-,23-,24-/m1/s1. The Kier molecular flexibility index (Phi) is 4.16. The van der Waals surface area contributed by atoms with Crippen LogP contribution in [0.15, 0.2) is 77.9 Å². The normalized spacial score (nSPS) is 22.9. The fraction of sp³-hybridized carbons (Fsp3) is 0.240. The molecule has 3 aromatic carbocycles. The first-order valence-corrected chi connectivity index (χ1v) is 9.90. The third-order valence-corrected chi connectivity index (χ3v) is 5.90. The van der Waals surface area contributed by atoms with Crippen LogP contribution in [0.1, 0.15) is 45.3 Å². The summed E-state index contributed by atoms with van der Waals surface area (Å²) in [5, 5.41) is 4.70. The van der Waals surface area contributed by atoms with Crippen molar-refractivity contribution in [3.8, 4) is 0 Å². The van der Waals surface area contributed by atoms with Crippen LogP contribution in [-0.4, -0.2) is 12.0 Å². The van der Waals surface area contributed by atoms with Gasteiger partial charge in [0.1, 0.15) is 6.10 Å². The Balaban J connectivity index is 1.58. The molecule has 0 spiro atoms. The van der Waals surface area contributed by atoms with Gasteiger partial charge in [-0.25, -0.2) is 0 Å². The molecule has 0 saturated heterocycles. The van der Waals surface area contributed by atoms with Crippen LogP contribution in [-0.2, 0) is 11.2 Å². The molecule has 0 amide bonds. The predicted molar refractivity (Wildman–Crippen MR) is 113 cm³/mol. The molecule has 2 aliphatic rings. The number of ether oxygens (including phenoxy) is 1. The molecule has 0 aromatic heterocycles. The second-order valence-electron chi connectivity index (χ2n) is 7.89. The molecule has 0 radical (unpaired) electrons. The van der Waals surface area contributed by atoms with Crippen LogP contribution in [0.2, 0.25) is 0 Å². The van der Waals surface area contributed by atoms with Gasteiger partial charge in [0, 0.05) is 17.9 Å². The van der Waals surface area contributed by atoms with Crippen molar-refractivity contribution in [3.05, 3.63) is 106 Å². The number of fused-ring (bicyclic) bond motifs is 3. The van der Waals surface area contributed by atoms with Gasteiger partial charge in [0.15, 0.2) is 0 Å². The first-order chi connectivity index (χ1) is 13.7. The summed E-state index contributed by atoms with van der Waals surface area (Å²) in [6.45, 7) is 4.21. The zero-order valence-electron chi connectivity index (χ0n) is 16.2. The minimum atomic E-state index is 0.0683. The van der Waals surface area contributed by atoms with E-state index in [1.54, 1.807) is 0 Å². The van der Waals surface area contributed by atoms with Crippen molar-refractivity contribution in [2.75, 3.05) is 0 Å². The fourth-order valence-electron chi connectivity index (χ4n) is 4.36. The Morgan fingerprint density at radius 3 is 2.29 bits per heavy atom. The van der Waals surface area contributed by atoms with Gasteiger partial charge in [-0.05, 0) is 42.7 Å². The highest BCUT2D eigenvalue weighted by Gasteiger charge is 2.42. The van der Waals surface area contributed by atoms with Gasteiger partial charge < -0.3 is 4.74 Å². The maximum absolute atomic E-state index is 6.51. The summed E-state index contributed by atoms with van der Waals surface area (Å²) in [4.78, 5) is 0. The molecule has 1 heterocycles. The van der Waals surface area contributed by atoms with Crippen molar-refractivity contribution >= 4 is 5.90 Å². The summed E-state index contributed by atoms with van der Waals surface area (Å²) >= 11 is 0. The number of hydrogen-bond donors (Lipinski definition) is 1. The smallest absolute Gasteiger partial charge is 0.238 e. The Morgan fingerprint density at radius 1 is 0.857 bits per heavy atom. The minimum absolute atomic E-state index is 0.0683. The molecule has 140 valence electrons. The van der Waals surface area contributed by atoms with Gasteiger partial charge in [0.2, 0.25) is 5.90 Å². The van der Waals surface area contributed by atoms with E-state index in [0.717, 1.165) is 12.0 Å². The zero-order valence-corrected chi connectivity index (χ0v) is 16.2. The largest absolute Gasteiger partial charge is 0.472 e. The molecule has 0 bridgehead atoms. The van der Waals surface area contributed by atoms with Crippen LogP contribution in [0, 0.1) is 13.8 Å². The Bertz CT molecular complexity index is 1020. The van der Waals surface area contributed by atoms with Gasteiger partial charge in [-0.3, -0.25) is 5.43 Å². The van der Waals surface area contributed by atoms with E-state index >= 15 is 0 Å². The van der Waals surface area contributed by atoms with Crippen molar-refractivity contribution in [1.82, 2.24) is 5.43 Å². The van der Waals surface area contributed by atoms with Gasteiger partial charge in [0.25, 0.3) is 0 Å². The number of nitrogens with one attached hydrogen (secondary N) is 1. The summed E-state index contributed by atoms with van der Waals surface area (Å²) in [5.74, 6) is 0.906. The summed E-state index contributed by atoms with van der Waals surface area (Å²) in [5.41, 5.74) is 11.0. The molecule has 5 rings (SSSR count). The number of aryl methyl sites for hydroxylation is 2. The lowest BCUT2D eigenvalue weighted by Gasteiger charge is -2.26. The zero-order chi connectivity index (χ0) is 19.1. The quantitative estimate of drug-likeness (QED) is 0.688. The lowest BCUT2D eigenvalue weighted by atomic mass is 9.87. The predicted octanol–water partition coefficient (Wildman–Crippen LogP) is 5.03. The van der Waals surface area contributed by atoms with Crippen molar-refractivity contribution < 1.29 is 4.74 Å². The van der Waals surface area contributed by atoms with Gasteiger partial charge in [0.05, 0.1) is 6.04 Å². The number of rotatable bonds is 2. The molecule has 1 N–H and O–H groups in total.